The van der Waals surface area contributed by atoms with Crippen LogP contribution >= 0.6 is 0 Å². The average molecular weight is 633 g/mol. The van der Waals surface area contributed by atoms with Gasteiger partial charge in [-0.15, -0.1) is 0 Å². The fourth-order valence-corrected chi connectivity index (χ4v) is 7.88. The lowest BCUT2D eigenvalue weighted by Crippen LogP contribution is -1.88. The van der Waals surface area contributed by atoms with E-state index < -0.39 is 0 Å². The molecule has 10 rings (SSSR count). The van der Waals surface area contributed by atoms with Crippen molar-refractivity contribution in [1.82, 2.24) is 0 Å². The Kier molecular flexibility index (Phi) is 6.60. The van der Waals surface area contributed by atoms with Gasteiger partial charge in [-0.3, -0.25) is 0 Å². The van der Waals surface area contributed by atoms with Crippen LogP contribution in [0.3, 0.4) is 0 Å². The van der Waals surface area contributed by atoms with Crippen molar-refractivity contribution in [1.29, 1.82) is 0 Å². The van der Waals surface area contributed by atoms with Gasteiger partial charge in [-0.2, -0.15) is 0 Å². The highest BCUT2D eigenvalue weighted by Gasteiger charge is 2.13. The molecule has 0 aliphatic carbocycles. The Labute approximate surface area is 291 Å². The van der Waals surface area contributed by atoms with E-state index in [1.54, 1.807) is 0 Å². The summed E-state index contributed by atoms with van der Waals surface area (Å²) in [7, 11) is 0. The van der Waals surface area contributed by atoms with E-state index in [0.717, 1.165) is 0 Å². The van der Waals surface area contributed by atoms with Crippen LogP contribution in [-0.4, -0.2) is 0 Å². The Morgan fingerprint density at radius 3 is 1.46 bits per heavy atom. The molecule has 0 N–H and O–H groups in total. The molecule has 0 nitrogen and oxygen atoms in total. The van der Waals surface area contributed by atoms with Crippen LogP contribution in [0.2, 0.25) is 0 Å². The first kappa shape index (κ1) is 28.5. The van der Waals surface area contributed by atoms with Crippen LogP contribution in [0, 0.1) is 0 Å². The normalized spacial score (nSPS) is 11.6. The van der Waals surface area contributed by atoms with Gasteiger partial charge in [0.25, 0.3) is 0 Å². The minimum absolute atomic E-state index is 1.22. The van der Waals surface area contributed by atoms with Gasteiger partial charge in [0.05, 0.1) is 0 Å². The average Bonchev–Trinajstić information content (AvgIpc) is 3.20. The van der Waals surface area contributed by atoms with Crippen molar-refractivity contribution in [3.8, 4) is 44.5 Å². The zero-order chi connectivity index (χ0) is 33.0. The molecule has 0 bridgehead atoms. The molecule has 0 aromatic heterocycles. The molecule has 0 fully saturated rings. The topological polar surface area (TPSA) is 0 Å². The molecule has 0 spiro atoms. The predicted octanol–water partition coefficient (Wildman–Crippen LogP) is 14.1. The zero-order valence-electron chi connectivity index (χ0n) is 27.5. The quantitative estimate of drug-likeness (QED) is 0.169. The number of benzene rings is 10. The van der Waals surface area contributed by atoms with E-state index in [1.165, 1.54) is 98.4 Å². The summed E-state index contributed by atoms with van der Waals surface area (Å²) in [6.07, 6.45) is 0. The van der Waals surface area contributed by atoms with Crippen molar-refractivity contribution < 1.29 is 0 Å². The minimum Gasteiger partial charge on any atom is -0.0622 e. The molecule has 0 heteroatoms. The van der Waals surface area contributed by atoms with E-state index >= 15 is 0 Å². The summed E-state index contributed by atoms with van der Waals surface area (Å²) >= 11 is 0. The largest absolute Gasteiger partial charge is 0.0622 e. The Bertz CT molecular complexity index is 2900. The number of hydrogen-bond donors (Lipinski definition) is 0. The van der Waals surface area contributed by atoms with Gasteiger partial charge in [0.2, 0.25) is 0 Å². The van der Waals surface area contributed by atoms with Crippen LogP contribution < -0.4 is 0 Å². The lowest BCUT2D eigenvalue weighted by Gasteiger charge is -2.15. The van der Waals surface area contributed by atoms with E-state index in [1.807, 2.05) is 0 Å². The van der Waals surface area contributed by atoms with E-state index in [9.17, 15) is 0 Å². The van der Waals surface area contributed by atoms with Crippen LogP contribution in [0.4, 0.5) is 0 Å². The molecule has 0 aliphatic rings. The zero-order valence-corrected chi connectivity index (χ0v) is 27.5. The molecule has 10 aromatic rings. The maximum absolute atomic E-state index is 2.39. The highest BCUT2D eigenvalue weighted by molar-refractivity contribution is 6.16. The van der Waals surface area contributed by atoms with Crippen LogP contribution in [0.25, 0.3) is 98.4 Å². The molecule has 0 radical (unpaired) electrons. The Morgan fingerprint density at radius 1 is 0.180 bits per heavy atom. The van der Waals surface area contributed by atoms with Gasteiger partial charge in [0.15, 0.2) is 0 Å². The standard InChI is InChI=1S/C50H32/c1-2-11-35(12-3-1)49-32-42-29-38(24-26-44(42)47-27-25-40(30-50(47)49)39-23-20-33-10-4-5-13-37(33)28-39)34-18-21-36(22-19-34)48-31-41-14-6-7-15-43(41)45-16-8-9-17-46(45)48/h1-32H. The summed E-state index contributed by atoms with van der Waals surface area (Å²) in [6, 6.07) is 71.4. The SMILES string of the molecule is c1ccc(-c2cc3cc(-c4ccc(-c5cc6ccccc6c6ccccc56)cc4)ccc3c3ccc(-c4ccc5ccccc5c4)cc23)cc1. The van der Waals surface area contributed by atoms with E-state index in [0.29, 0.717) is 0 Å². The summed E-state index contributed by atoms with van der Waals surface area (Å²) in [5, 5.41) is 12.7. The minimum atomic E-state index is 1.22. The third-order valence-electron chi connectivity index (χ3n) is 10.4. The summed E-state index contributed by atoms with van der Waals surface area (Å²) in [5.74, 6) is 0. The molecule has 0 aliphatic heterocycles. The molecule has 50 heavy (non-hydrogen) atoms. The Balaban J connectivity index is 1.09. The van der Waals surface area contributed by atoms with Crippen molar-refractivity contribution >= 4 is 53.9 Å². The van der Waals surface area contributed by atoms with Gasteiger partial charge in [0, 0.05) is 0 Å². The molecule has 0 heterocycles. The van der Waals surface area contributed by atoms with Crippen molar-refractivity contribution in [3.05, 3.63) is 194 Å². The van der Waals surface area contributed by atoms with Gasteiger partial charge in [-0.25, -0.2) is 0 Å². The van der Waals surface area contributed by atoms with Gasteiger partial charge in [-0.1, -0.05) is 164 Å². The highest BCUT2D eigenvalue weighted by Crippen LogP contribution is 2.40. The molecular weight excluding hydrogens is 601 g/mol. The maximum Gasteiger partial charge on any atom is -0.00928 e. The molecule has 10 aromatic carbocycles. The van der Waals surface area contributed by atoms with Crippen LogP contribution in [0.15, 0.2) is 194 Å². The van der Waals surface area contributed by atoms with Crippen molar-refractivity contribution in [2.24, 2.45) is 0 Å². The predicted molar refractivity (Wildman–Crippen MR) is 216 cm³/mol. The molecule has 0 atom stereocenters. The summed E-state index contributed by atoms with van der Waals surface area (Å²) in [4.78, 5) is 0. The number of rotatable bonds is 4. The summed E-state index contributed by atoms with van der Waals surface area (Å²) in [6.45, 7) is 0. The van der Waals surface area contributed by atoms with E-state index in [4.69, 9.17) is 0 Å². The van der Waals surface area contributed by atoms with Gasteiger partial charge < -0.3 is 0 Å². The van der Waals surface area contributed by atoms with Crippen LogP contribution in [-0.2, 0) is 0 Å². The van der Waals surface area contributed by atoms with Crippen molar-refractivity contribution in [3.63, 3.8) is 0 Å². The second-order valence-corrected chi connectivity index (χ2v) is 13.3. The smallest absolute Gasteiger partial charge is 0.00928 e. The first-order chi connectivity index (χ1) is 24.8. The van der Waals surface area contributed by atoms with Gasteiger partial charge in [-0.05, 0) is 129 Å². The van der Waals surface area contributed by atoms with Crippen molar-refractivity contribution in [2.45, 2.75) is 0 Å². The lowest BCUT2D eigenvalue weighted by molar-refractivity contribution is 1.62. The third-order valence-corrected chi connectivity index (χ3v) is 10.4. The maximum atomic E-state index is 2.39. The molecule has 0 saturated heterocycles. The fourth-order valence-electron chi connectivity index (χ4n) is 7.88. The monoisotopic (exact) mass is 632 g/mol. The molecule has 0 amide bonds. The van der Waals surface area contributed by atoms with Crippen molar-refractivity contribution in [2.75, 3.05) is 0 Å². The molecular formula is C50H32. The van der Waals surface area contributed by atoms with E-state index in [2.05, 4.69) is 194 Å². The fraction of sp³-hybridized carbons (Fsp3) is 0. The summed E-state index contributed by atoms with van der Waals surface area (Å²) < 4.78 is 0. The Morgan fingerprint density at radius 2 is 0.640 bits per heavy atom. The number of hydrogen-bond acceptors (Lipinski definition) is 0. The second kappa shape index (κ2) is 11.6. The highest BCUT2D eigenvalue weighted by atomic mass is 14.2. The van der Waals surface area contributed by atoms with Gasteiger partial charge in [0.1, 0.15) is 0 Å². The first-order valence-electron chi connectivity index (χ1n) is 17.3. The van der Waals surface area contributed by atoms with Crippen LogP contribution in [0.5, 0.6) is 0 Å². The lowest BCUT2D eigenvalue weighted by atomic mass is 9.89. The Hall–Kier alpha value is -6.50. The van der Waals surface area contributed by atoms with E-state index in [-0.39, 0.29) is 0 Å². The van der Waals surface area contributed by atoms with Gasteiger partial charge >= 0.3 is 0 Å². The first-order valence-corrected chi connectivity index (χ1v) is 17.3. The molecule has 232 valence electrons. The molecule has 0 saturated carbocycles. The van der Waals surface area contributed by atoms with Crippen LogP contribution in [0.1, 0.15) is 0 Å². The second-order valence-electron chi connectivity index (χ2n) is 13.3. The molecule has 0 unspecified atom stereocenters. The summed E-state index contributed by atoms with van der Waals surface area (Å²) in [5.41, 5.74) is 9.89. The third kappa shape index (κ3) is 4.77. The number of fused-ring (bicyclic) bond motifs is 7.